The molecule has 35 heavy (non-hydrogen) atoms. The fraction of sp³-hybridized carbons (Fsp3) is 0.400. The summed E-state index contributed by atoms with van der Waals surface area (Å²) in [5.41, 5.74) is 4.45. The second kappa shape index (κ2) is 9.55. The van der Waals surface area contributed by atoms with Gasteiger partial charge in [0.1, 0.15) is 5.69 Å². The summed E-state index contributed by atoms with van der Waals surface area (Å²) in [7, 11) is 0. The van der Waals surface area contributed by atoms with Crippen molar-refractivity contribution in [1.29, 1.82) is 0 Å². The first-order valence-corrected chi connectivity index (χ1v) is 12.2. The molecule has 1 N–H and O–H groups in total. The monoisotopic (exact) mass is 471 g/mol. The number of piperidine rings is 1. The SMILES string of the molecule is CCn1cc(-c2ccnc(Nc3cnn(C4CCN(C5COC5)CC4)c3)n2)c(-c2cccnc2)n1. The highest BCUT2D eigenvalue weighted by molar-refractivity contribution is 5.78. The molecule has 0 spiro atoms. The summed E-state index contributed by atoms with van der Waals surface area (Å²) in [6, 6.07) is 6.86. The van der Waals surface area contributed by atoms with Gasteiger partial charge in [-0.3, -0.25) is 19.2 Å². The van der Waals surface area contributed by atoms with Crippen LogP contribution < -0.4 is 5.32 Å². The number of ether oxygens (including phenoxy) is 1. The van der Waals surface area contributed by atoms with Gasteiger partial charge < -0.3 is 10.1 Å². The van der Waals surface area contributed by atoms with Gasteiger partial charge in [0.15, 0.2) is 0 Å². The average Bonchev–Trinajstić information content (AvgIpc) is 3.52. The Labute approximate surface area is 204 Å². The van der Waals surface area contributed by atoms with Gasteiger partial charge in [0.25, 0.3) is 0 Å². The normalized spacial score (nSPS) is 17.4. The number of hydrogen-bond donors (Lipinski definition) is 1. The van der Waals surface area contributed by atoms with Gasteiger partial charge in [0.05, 0.1) is 42.9 Å². The molecule has 0 aromatic carbocycles. The predicted molar refractivity (Wildman–Crippen MR) is 132 cm³/mol. The summed E-state index contributed by atoms with van der Waals surface area (Å²) >= 11 is 0. The zero-order chi connectivity index (χ0) is 23.6. The van der Waals surface area contributed by atoms with E-state index in [0.29, 0.717) is 18.0 Å². The Morgan fingerprint density at radius 2 is 1.94 bits per heavy atom. The Morgan fingerprint density at radius 1 is 1.06 bits per heavy atom. The third-order valence-electron chi connectivity index (χ3n) is 6.82. The molecule has 0 atom stereocenters. The van der Waals surface area contributed by atoms with Crippen molar-refractivity contribution in [1.82, 2.24) is 39.4 Å². The minimum absolute atomic E-state index is 0.414. The maximum absolute atomic E-state index is 5.35. The molecule has 0 bridgehead atoms. The van der Waals surface area contributed by atoms with E-state index in [1.807, 2.05) is 41.5 Å². The lowest BCUT2D eigenvalue weighted by molar-refractivity contribution is -0.0734. The van der Waals surface area contributed by atoms with Gasteiger partial charge in [-0.1, -0.05) is 0 Å². The van der Waals surface area contributed by atoms with Crippen LogP contribution in [0.3, 0.4) is 0 Å². The molecule has 10 heteroatoms. The van der Waals surface area contributed by atoms with E-state index in [-0.39, 0.29) is 0 Å². The van der Waals surface area contributed by atoms with Crippen LogP contribution in [-0.4, -0.2) is 71.8 Å². The Balaban J connectivity index is 1.18. The maximum atomic E-state index is 5.35. The molecule has 0 saturated carbocycles. The molecular weight excluding hydrogens is 442 g/mol. The first-order valence-electron chi connectivity index (χ1n) is 12.2. The van der Waals surface area contributed by atoms with E-state index >= 15 is 0 Å². The van der Waals surface area contributed by atoms with Crippen molar-refractivity contribution in [3.8, 4) is 22.5 Å². The van der Waals surface area contributed by atoms with Gasteiger partial charge in [0, 0.05) is 61.7 Å². The van der Waals surface area contributed by atoms with Crippen LogP contribution in [0.1, 0.15) is 25.8 Å². The van der Waals surface area contributed by atoms with Crippen molar-refractivity contribution in [2.24, 2.45) is 0 Å². The molecular formula is C25H29N9O. The highest BCUT2D eigenvalue weighted by Gasteiger charge is 2.30. The van der Waals surface area contributed by atoms with Crippen molar-refractivity contribution >= 4 is 11.6 Å². The lowest BCUT2D eigenvalue weighted by atomic mass is 10.0. The van der Waals surface area contributed by atoms with E-state index < -0.39 is 0 Å². The molecule has 0 aliphatic carbocycles. The van der Waals surface area contributed by atoms with Crippen LogP contribution in [0.15, 0.2) is 55.4 Å². The third-order valence-corrected chi connectivity index (χ3v) is 6.82. The van der Waals surface area contributed by atoms with Crippen LogP contribution in [0.25, 0.3) is 22.5 Å². The molecule has 6 rings (SSSR count). The number of rotatable bonds is 7. The first-order chi connectivity index (χ1) is 17.3. The number of pyridine rings is 1. The Morgan fingerprint density at radius 3 is 2.69 bits per heavy atom. The van der Waals surface area contributed by atoms with Crippen LogP contribution in [0, 0.1) is 0 Å². The van der Waals surface area contributed by atoms with Gasteiger partial charge in [-0.25, -0.2) is 9.97 Å². The zero-order valence-electron chi connectivity index (χ0n) is 19.8. The number of anilines is 2. The first kappa shape index (κ1) is 21.9. The molecule has 4 aromatic rings. The van der Waals surface area contributed by atoms with Gasteiger partial charge in [-0.2, -0.15) is 10.2 Å². The molecule has 0 amide bonds. The van der Waals surface area contributed by atoms with Crippen molar-refractivity contribution in [3.05, 3.63) is 55.4 Å². The highest BCUT2D eigenvalue weighted by Crippen LogP contribution is 2.30. The molecule has 6 heterocycles. The smallest absolute Gasteiger partial charge is 0.227 e. The number of nitrogens with one attached hydrogen (secondary N) is 1. The average molecular weight is 472 g/mol. The predicted octanol–water partition coefficient (Wildman–Crippen LogP) is 3.40. The van der Waals surface area contributed by atoms with E-state index in [0.717, 1.165) is 73.9 Å². The van der Waals surface area contributed by atoms with E-state index in [1.165, 1.54) is 0 Å². The van der Waals surface area contributed by atoms with Crippen LogP contribution >= 0.6 is 0 Å². The summed E-state index contributed by atoms with van der Waals surface area (Å²) in [5.74, 6) is 0.531. The molecule has 0 radical (unpaired) electrons. The summed E-state index contributed by atoms with van der Waals surface area (Å²) in [6.45, 7) is 6.79. The molecule has 2 saturated heterocycles. The fourth-order valence-corrected chi connectivity index (χ4v) is 4.74. The molecule has 2 fully saturated rings. The Kier molecular flexibility index (Phi) is 5.97. The van der Waals surface area contributed by atoms with Crippen molar-refractivity contribution in [2.75, 3.05) is 31.6 Å². The zero-order valence-corrected chi connectivity index (χ0v) is 19.8. The quantitative estimate of drug-likeness (QED) is 0.438. The van der Waals surface area contributed by atoms with E-state index in [1.54, 1.807) is 12.4 Å². The molecule has 10 nitrogen and oxygen atoms in total. The van der Waals surface area contributed by atoms with Crippen LogP contribution in [-0.2, 0) is 11.3 Å². The summed E-state index contributed by atoms with van der Waals surface area (Å²) < 4.78 is 9.34. The highest BCUT2D eigenvalue weighted by atomic mass is 16.5. The molecule has 2 aliphatic heterocycles. The Bertz CT molecular complexity index is 1270. The van der Waals surface area contributed by atoms with Crippen LogP contribution in [0.4, 0.5) is 11.6 Å². The second-order valence-electron chi connectivity index (χ2n) is 9.05. The molecule has 4 aromatic heterocycles. The number of hydrogen-bond acceptors (Lipinski definition) is 8. The topological polar surface area (TPSA) is 98.8 Å². The molecule has 180 valence electrons. The third kappa shape index (κ3) is 4.54. The van der Waals surface area contributed by atoms with Gasteiger partial charge in [-0.05, 0) is 38.0 Å². The number of aromatic nitrogens is 7. The number of nitrogens with zero attached hydrogens (tertiary/aromatic N) is 8. The number of likely N-dealkylation sites (tertiary alicyclic amines) is 1. The lowest BCUT2D eigenvalue weighted by Gasteiger charge is -2.41. The summed E-state index contributed by atoms with van der Waals surface area (Å²) in [5, 5.41) is 12.7. The second-order valence-corrected chi connectivity index (χ2v) is 9.05. The number of aryl methyl sites for hydroxylation is 1. The van der Waals surface area contributed by atoms with Gasteiger partial charge >= 0.3 is 0 Å². The van der Waals surface area contributed by atoms with E-state index in [9.17, 15) is 0 Å². The fourth-order valence-electron chi connectivity index (χ4n) is 4.74. The minimum atomic E-state index is 0.414. The van der Waals surface area contributed by atoms with E-state index in [2.05, 4.69) is 43.1 Å². The van der Waals surface area contributed by atoms with Crippen LogP contribution in [0.2, 0.25) is 0 Å². The molecule has 0 unspecified atom stereocenters. The molecule has 2 aliphatic rings. The van der Waals surface area contributed by atoms with Crippen LogP contribution in [0.5, 0.6) is 0 Å². The standard InChI is InChI=1S/C25H29N9O/c1-2-33-15-22(24(31-33)18-4-3-8-26-12-18)23-5-9-27-25(30-23)29-19-13-28-34(14-19)20-6-10-32(11-7-20)21-16-35-17-21/h3-5,8-9,12-15,20-21H,2,6-7,10-11,16-17H2,1H3,(H,27,29,30). The summed E-state index contributed by atoms with van der Waals surface area (Å²) in [6.07, 6.45) is 13.5. The van der Waals surface area contributed by atoms with Crippen molar-refractivity contribution in [2.45, 2.75) is 38.4 Å². The minimum Gasteiger partial charge on any atom is -0.378 e. The van der Waals surface area contributed by atoms with Gasteiger partial charge in [-0.15, -0.1) is 0 Å². The maximum Gasteiger partial charge on any atom is 0.227 e. The Hall–Kier alpha value is -3.63. The summed E-state index contributed by atoms with van der Waals surface area (Å²) in [4.78, 5) is 16.0. The van der Waals surface area contributed by atoms with E-state index in [4.69, 9.17) is 14.8 Å². The van der Waals surface area contributed by atoms with Gasteiger partial charge in [0.2, 0.25) is 5.95 Å². The largest absolute Gasteiger partial charge is 0.378 e. The van der Waals surface area contributed by atoms with Crippen molar-refractivity contribution in [3.63, 3.8) is 0 Å². The van der Waals surface area contributed by atoms with Crippen molar-refractivity contribution < 1.29 is 4.74 Å². The lowest BCUT2D eigenvalue weighted by Crippen LogP contribution is -2.51.